The highest BCUT2D eigenvalue weighted by Gasteiger charge is 2.26. The maximum atomic E-state index is 13.2. The lowest BCUT2D eigenvalue weighted by Gasteiger charge is -2.13. The van der Waals surface area contributed by atoms with Crippen LogP contribution in [0.5, 0.6) is 5.88 Å². The predicted molar refractivity (Wildman–Crippen MR) is 93.4 cm³/mol. The maximum Gasteiger partial charge on any atom is 0.324 e. The summed E-state index contributed by atoms with van der Waals surface area (Å²) in [5.41, 5.74) is 1.59. The van der Waals surface area contributed by atoms with Gasteiger partial charge in [0.15, 0.2) is 6.61 Å². The summed E-state index contributed by atoms with van der Waals surface area (Å²) in [5.74, 6) is -0.510. The van der Waals surface area contributed by atoms with Crippen LogP contribution >= 0.6 is 11.3 Å². The number of nitrogens with zero attached hydrogens (tertiary/aromatic N) is 3. The molecule has 0 atom stereocenters. The number of rotatable bonds is 4. The van der Waals surface area contributed by atoms with Crippen molar-refractivity contribution in [2.45, 2.75) is 0 Å². The first kappa shape index (κ1) is 16.4. The van der Waals surface area contributed by atoms with Gasteiger partial charge in [-0.1, -0.05) is 12.1 Å². The Hall–Kier alpha value is -3.07. The number of hydrogen-bond donors (Lipinski definition) is 1. The van der Waals surface area contributed by atoms with Crippen molar-refractivity contribution >= 4 is 33.5 Å². The molecule has 1 fully saturated rings. The molecule has 7 nitrogen and oxygen atoms in total. The Morgan fingerprint density at radius 1 is 1.31 bits per heavy atom. The van der Waals surface area contributed by atoms with Crippen molar-refractivity contribution in [1.82, 2.24) is 20.2 Å². The van der Waals surface area contributed by atoms with Crippen molar-refractivity contribution in [2.75, 3.05) is 19.7 Å². The fourth-order valence-corrected chi connectivity index (χ4v) is 3.62. The average molecular weight is 372 g/mol. The molecule has 9 heteroatoms. The Labute approximate surface area is 151 Å². The van der Waals surface area contributed by atoms with Gasteiger partial charge in [0.05, 0.1) is 5.39 Å². The molecule has 0 unspecified atom stereocenters. The van der Waals surface area contributed by atoms with E-state index in [1.54, 1.807) is 12.1 Å². The predicted octanol–water partition coefficient (Wildman–Crippen LogP) is 2.43. The number of amides is 3. The topological polar surface area (TPSA) is 84.4 Å². The van der Waals surface area contributed by atoms with Crippen molar-refractivity contribution < 1.29 is 18.7 Å². The van der Waals surface area contributed by atoms with E-state index >= 15 is 0 Å². The van der Waals surface area contributed by atoms with Crippen LogP contribution in [0.3, 0.4) is 0 Å². The zero-order valence-corrected chi connectivity index (χ0v) is 14.3. The van der Waals surface area contributed by atoms with E-state index in [-0.39, 0.29) is 18.3 Å². The molecule has 3 aromatic rings. The second-order valence-electron chi connectivity index (χ2n) is 5.58. The standard InChI is InChI=1S/C17H13FN4O3S/c18-11-3-1-10(2-4-11)12-8-26-16-14(12)15(20-9-21-16)25-7-13(23)22-6-5-19-17(22)24/h1-4,8-9H,5-7H2,(H,19,24). The number of hydrogen-bond acceptors (Lipinski definition) is 6. The number of nitrogens with one attached hydrogen (secondary N) is 1. The lowest BCUT2D eigenvalue weighted by Crippen LogP contribution is -2.37. The Morgan fingerprint density at radius 3 is 2.85 bits per heavy atom. The van der Waals surface area contributed by atoms with Crippen molar-refractivity contribution in [2.24, 2.45) is 0 Å². The number of aromatic nitrogens is 2. The minimum Gasteiger partial charge on any atom is -0.467 e. The Balaban J connectivity index is 1.63. The molecule has 2 aromatic heterocycles. The van der Waals surface area contributed by atoms with Gasteiger partial charge < -0.3 is 10.1 Å². The van der Waals surface area contributed by atoms with Crippen LogP contribution in [0.4, 0.5) is 9.18 Å². The highest BCUT2D eigenvalue weighted by atomic mass is 32.1. The molecule has 1 N–H and O–H groups in total. The Kier molecular flexibility index (Phi) is 4.21. The smallest absolute Gasteiger partial charge is 0.324 e. The summed E-state index contributed by atoms with van der Waals surface area (Å²) in [7, 11) is 0. The number of halogens is 1. The van der Waals surface area contributed by atoms with E-state index in [1.807, 2.05) is 5.38 Å². The van der Waals surface area contributed by atoms with Gasteiger partial charge in [0.25, 0.3) is 5.91 Å². The third-order valence-electron chi connectivity index (χ3n) is 3.98. The zero-order valence-electron chi connectivity index (χ0n) is 13.4. The average Bonchev–Trinajstić information content (AvgIpc) is 3.27. The van der Waals surface area contributed by atoms with Gasteiger partial charge in [0.2, 0.25) is 5.88 Å². The molecule has 1 saturated heterocycles. The number of benzene rings is 1. The zero-order chi connectivity index (χ0) is 18.1. The number of carbonyl (C=O) groups is 2. The minimum atomic E-state index is -0.440. The third-order valence-corrected chi connectivity index (χ3v) is 4.87. The van der Waals surface area contributed by atoms with Crippen LogP contribution in [0.2, 0.25) is 0 Å². The van der Waals surface area contributed by atoms with Crippen molar-refractivity contribution in [3.63, 3.8) is 0 Å². The second kappa shape index (κ2) is 6.68. The summed E-state index contributed by atoms with van der Waals surface area (Å²) >= 11 is 1.40. The molecule has 0 radical (unpaired) electrons. The third kappa shape index (κ3) is 2.97. The monoisotopic (exact) mass is 372 g/mol. The number of thiophene rings is 1. The lowest BCUT2D eigenvalue weighted by atomic mass is 10.1. The van der Waals surface area contributed by atoms with Gasteiger partial charge in [0.1, 0.15) is 17.0 Å². The van der Waals surface area contributed by atoms with Crippen LogP contribution < -0.4 is 10.1 Å². The largest absolute Gasteiger partial charge is 0.467 e. The molecule has 3 heterocycles. The Bertz CT molecular complexity index is 989. The summed E-state index contributed by atoms with van der Waals surface area (Å²) in [6, 6.07) is 5.65. The molecule has 1 aliphatic rings. The SMILES string of the molecule is O=C(COc1ncnc2scc(-c3ccc(F)cc3)c12)N1CCNC1=O. The first-order valence-electron chi connectivity index (χ1n) is 7.82. The van der Waals surface area contributed by atoms with E-state index in [0.717, 1.165) is 16.0 Å². The fraction of sp³-hybridized carbons (Fsp3) is 0.176. The van der Waals surface area contributed by atoms with Crippen LogP contribution in [0.25, 0.3) is 21.3 Å². The van der Waals surface area contributed by atoms with Crippen LogP contribution in [0, 0.1) is 5.82 Å². The number of carbonyl (C=O) groups excluding carboxylic acids is 2. The molecule has 132 valence electrons. The van der Waals surface area contributed by atoms with E-state index < -0.39 is 11.9 Å². The first-order chi connectivity index (χ1) is 12.6. The molecule has 4 rings (SSSR count). The van der Waals surface area contributed by atoms with Crippen molar-refractivity contribution in [3.8, 4) is 17.0 Å². The molecule has 1 aliphatic heterocycles. The molecule has 26 heavy (non-hydrogen) atoms. The summed E-state index contributed by atoms with van der Waals surface area (Å²) < 4.78 is 18.8. The van der Waals surface area contributed by atoms with Gasteiger partial charge in [-0.3, -0.25) is 9.69 Å². The van der Waals surface area contributed by atoms with Crippen LogP contribution in [0.1, 0.15) is 0 Å². The summed E-state index contributed by atoms with van der Waals surface area (Å²) in [5, 5.41) is 5.10. The van der Waals surface area contributed by atoms with Crippen LogP contribution in [0.15, 0.2) is 36.0 Å². The summed E-state index contributed by atoms with van der Waals surface area (Å²) in [4.78, 5) is 33.8. The molecule has 0 aliphatic carbocycles. The normalized spacial score (nSPS) is 13.9. The molecule has 0 spiro atoms. The number of fused-ring (bicyclic) bond motifs is 1. The second-order valence-corrected chi connectivity index (χ2v) is 6.44. The first-order valence-corrected chi connectivity index (χ1v) is 8.70. The van der Waals surface area contributed by atoms with Crippen LogP contribution in [-0.2, 0) is 4.79 Å². The van der Waals surface area contributed by atoms with E-state index in [0.29, 0.717) is 23.3 Å². The molecule has 3 amide bonds. The number of urea groups is 1. The van der Waals surface area contributed by atoms with E-state index in [2.05, 4.69) is 15.3 Å². The van der Waals surface area contributed by atoms with Gasteiger partial charge in [-0.2, -0.15) is 0 Å². The quantitative estimate of drug-likeness (QED) is 0.760. The number of imide groups is 1. The van der Waals surface area contributed by atoms with Crippen molar-refractivity contribution in [1.29, 1.82) is 0 Å². The van der Waals surface area contributed by atoms with Gasteiger partial charge >= 0.3 is 6.03 Å². The minimum absolute atomic E-state index is 0.253. The van der Waals surface area contributed by atoms with Gasteiger partial charge in [-0.25, -0.2) is 19.2 Å². The molecule has 1 aromatic carbocycles. The molecular weight excluding hydrogens is 359 g/mol. The van der Waals surface area contributed by atoms with Gasteiger partial charge in [-0.05, 0) is 17.7 Å². The lowest BCUT2D eigenvalue weighted by molar-refractivity contribution is -0.129. The molecule has 0 saturated carbocycles. The highest BCUT2D eigenvalue weighted by molar-refractivity contribution is 7.17. The Morgan fingerprint density at radius 2 is 2.12 bits per heavy atom. The van der Waals surface area contributed by atoms with Gasteiger partial charge in [-0.15, -0.1) is 11.3 Å². The highest BCUT2D eigenvalue weighted by Crippen LogP contribution is 2.37. The van der Waals surface area contributed by atoms with E-state index in [9.17, 15) is 14.0 Å². The van der Waals surface area contributed by atoms with Crippen molar-refractivity contribution in [3.05, 3.63) is 41.8 Å². The summed E-state index contributed by atoms with van der Waals surface area (Å²) in [6.07, 6.45) is 1.36. The summed E-state index contributed by atoms with van der Waals surface area (Å²) in [6.45, 7) is 0.444. The molecular formula is C17H13FN4O3S. The van der Waals surface area contributed by atoms with E-state index in [1.165, 1.54) is 29.8 Å². The fourth-order valence-electron chi connectivity index (χ4n) is 2.72. The number of ether oxygens (including phenoxy) is 1. The van der Waals surface area contributed by atoms with Gasteiger partial charge in [0, 0.05) is 24.0 Å². The molecule has 0 bridgehead atoms. The van der Waals surface area contributed by atoms with E-state index in [4.69, 9.17) is 4.74 Å². The maximum absolute atomic E-state index is 13.2. The van der Waals surface area contributed by atoms with Crippen LogP contribution in [-0.4, -0.2) is 46.5 Å².